The summed E-state index contributed by atoms with van der Waals surface area (Å²) in [6.45, 7) is 9.22. The van der Waals surface area contributed by atoms with Gasteiger partial charge in [0.05, 0.1) is 0 Å². The Bertz CT molecular complexity index is 286. The third-order valence-corrected chi connectivity index (χ3v) is 3.24. The Morgan fingerprint density at radius 1 is 1.50 bits per heavy atom. The summed E-state index contributed by atoms with van der Waals surface area (Å²) in [6, 6.07) is 4.74. The molecule has 0 aliphatic carbocycles. The van der Waals surface area contributed by atoms with Gasteiger partial charge in [-0.15, -0.1) is 11.3 Å². The predicted octanol–water partition coefficient (Wildman–Crippen LogP) is 2.44. The van der Waals surface area contributed by atoms with E-state index >= 15 is 0 Å². The number of nitrogens with two attached hydrogens (primary N) is 1. The molecule has 0 radical (unpaired) electrons. The summed E-state index contributed by atoms with van der Waals surface area (Å²) in [5.74, 6) is 0. The zero-order chi connectivity index (χ0) is 10.8. The lowest BCUT2D eigenvalue weighted by molar-refractivity contribution is 0.437. The molecule has 0 spiro atoms. The number of hydrogen-bond acceptors (Lipinski definition) is 3. The predicted molar refractivity (Wildman–Crippen MR) is 63.7 cm³/mol. The zero-order valence-electron chi connectivity index (χ0n) is 9.42. The van der Waals surface area contributed by atoms with Gasteiger partial charge in [0.25, 0.3) is 0 Å². The maximum Gasteiger partial charge on any atom is 0.0386 e. The molecule has 14 heavy (non-hydrogen) atoms. The second kappa shape index (κ2) is 4.43. The number of nitrogens with one attached hydrogen (secondary N) is 1. The van der Waals surface area contributed by atoms with E-state index in [2.05, 4.69) is 31.3 Å². The smallest absolute Gasteiger partial charge is 0.0386 e. The molecule has 0 amide bonds. The van der Waals surface area contributed by atoms with E-state index in [1.54, 1.807) is 0 Å². The standard InChI is InChI=1S/C11H20N2S/c1-8-5-6-10(14-8)9(2)13-7-11(3,4)12/h5-6,9,13H,7,12H2,1-4H3. The van der Waals surface area contributed by atoms with E-state index in [-0.39, 0.29) is 5.54 Å². The third kappa shape index (κ3) is 3.78. The molecule has 1 rings (SSSR count). The molecule has 0 aliphatic rings. The molecule has 1 atom stereocenters. The Hall–Kier alpha value is -0.380. The number of thiophene rings is 1. The van der Waals surface area contributed by atoms with Gasteiger partial charge in [0.15, 0.2) is 0 Å². The van der Waals surface area contributed by atoms with Crippen LogP contribution in [0.1, 0.15) is 36.6 Å². The summed E-state index contributed by atoms with van der Waals surface area (Å²) in [5.41, 5.74) is 5.77. The fourth-order valence-electron chi connectivity index (χ4n) is 1.20. The maximum absolute atomic E-state index is 5.91. The lowest BCUT2D eigenvalue weighted by Crippen LogP contribution is -2.43. The highest BCUT2D eigenvalue weighted by Crippen LogP contribution is 2.22. The summed E-state index contributed by atoms with van der Waals surface area (Å²) in [7, 11) is 0. The molecular weight excluding hydrogens is 192 g/mol. The number of rotatable bonds is 4. The Kier molecular flexibility index (Phi) is 3.70. The van der Waals surface area contributed by atoms with Gasteiger partial charge in [-0.3, -0.25) is 0 Å². The molecule has 2 nitrogen and oxygen atoms in total. The van der Waals surface area contributed by atoms with Crippen molar-refractivity contribution in [2.45, 2.75) is 39.3 Å². The SMILES string of the molecule is Cc1ccc(C(C)NCC(C)(C)N)s1. The van der Waals surface area contributed by atoms with Crippen LogP contribution in [0, 0.1) is 6.92 Å². The maximum atomic E-state index is 5.91. The van der Waals surface area contributed by atoms with E-state index in [4.69, 9.17) is 5.73 Å². The van der Waals surface area contributed by atoms with Gasteiger partial charge in [0.1, 0.15) is 0 Å². The van der Waals surface area contributed by atoms with Crippen molar-refractivity contribution in [3.05, 3.63) is 21.9 Å². The van der Waals surface area contributed by atoms with Crippen molar-refractivity contribution in [1.29, 1.82) is 0 Å². The molecule has 0 saturated carbocycles. The summed E-state index contributed by atoms with van der Waals surface area (Å²) >= 11 is 1.84. The molecule has 3 N–H and O–H groups in total. The van der Waals surface area contributed by atoms with Gasteiger partial charge in [-0.25, -0.2) is 0 Å². The minimum Gasteiger partial charge on any atom is -0.324 e. The Morgan fingerprint density at radius 3 is 2.57 bits per heavy atom. The molecule has 1 unspecified atom stereocenters. The first-order valence-electron chi connectivity index (χ1n) is 4.97. The van der Waals surface area contributed by atoms with Crippen LogP contribution >= 0.6 is 11.3 Å². The normalized spacial score (nSPS) is 14.4. The van der Waals surface area contributed by atoms with E-state index in [9.17, 15) is 0 Å². The van der Waals surface area contributed by atoms with Crippen LogP contribution in [0.3, 0.4) is 0 Å². The molecule has 0 bridgehead atoms. The molecular formula is C11H20N2S. The molecule has 80 valence electrons. The summed E-state index contributed by atoms with van der Waals surface area (Å²) < 4.78 is 0. The van der Waals surface area contributed by atoms with E-state index in [1.165, 1.54) is 9.75 Å². The van der Waals surface area contributed by atoms with Gasteiger partial charge in [-0.05, 0) is 39.8 Å². The van der Waals surface area contributed by atoms with Crippen LogP contribution in [-0.4, -0.2) is 12.1 Å². The molecule has 0 aliphatic heterocycles. The largest absolute Gasteiger partial charge is 0.324 e. The monoisotopic (exact) mass is 212 g/mol. The minimum atomic E-state index is -0.138. The summed E-state index contributed by atoms with van der Waals surface area (Å²) in [5, 5.41) is 3.44. The second-order valence-electron chi connectivity index (χ2n) is 4.54. The molecule has 0 aromatic carbocycles. The molecule has 1 aromatic heterocycles. The molecule has 1 heterocycles. The highest BCUT2D eigenvalue weighted by atomic mass is 32.1. The molecule has 0 saturated heterocycles. The van der Waals surface area contributed by atoms with Gasteiger partial charge in [-0.1, -0.05) is 0 Å². The first-order valence-corrected chi connectivity index (χ1v) is 5.79. The van der Waals surface area contributed by atoms with Crippen molar-refractivity contribution in [3.63, 3.8) is 0 Å². The van der Waals surface area contributed by atoms with Crippen LogP contribution in [0.5, 0.6) is 0 Å². The molecule has 3 heteroatoms. The van der Waals surface area contributed by atoms with E-state index in [0.717, 1.165) is 6.54 Å². The van der Waals surface area contributed by atoms with Gasteiger partial charge >= 0.3 is 0 Å². The first kappa shape index (κ1) is 11.7. The van der Waals surface area contributed by atoms with Gasteiger partial charge in [0, 0.05) is 27.9 Å². The van der Waals surface area contributed by atoms with Gasteiger partial charge in [-0.2, -0.15) is 0 Å². The van der Waals surface area contributed by atoms with Gasteiger partial charge < -0.3 is 11.1 Å². The van der Waals surface area contributed by atoms with Crippen molar-refractivity contribution in [2.75, 3.05) is 6.54 Å². The van der Waals surface area contributed by atoms with E-state index in [1.807, 2.05) is 25.2 Å². The Morgan fingerprint density at radius 2 is 2.14 bits per heavy atom. The van der Waals surface area contributed by atoms with Crippen LogP contribution in [0.15, 0.2) is 12.1 Å². The number of hydrogen-bond donors (Lipinski definition) is 2. The lowest BCUT2D eigenvalue weighted by atomic mass is 10.1. The summed E-state index contributed by atoms with van der Waals surface area (Å²) in [6.07, 6.45) is 0. The third-order valence-electron chi connectivity index (χ3n) is 2.05. The average Bonchev–Trinajstić information content (AvgIpc) is 2.46. The van der Waals surface area contributed by atoms with Crippen LogP contribution in [0.25, 0.3) is 0 Å². The topological polar surface area (TPSA) is 38.0 Å². The van der Waals surface area contributed by atoms with E-state index in [0.29, 0.717) is 6.04 Å². The van der Waals surface area contributed by atoms with Crippen molar-refractivity contribution in [2.24, 2.45) is 5.73 Å². The average molecular weight is 212 g/mol. The van der Waals surface area contributed by atoms with Crippen LogP contribution < -0.4 is 11.1 Å². The van der Waals surface area contributed by atoms with E-state index < -0.39 is 0 Å². The molecule has 0 fully saturated rings. The summed E-state index contributed by atoms with van der Waals surface area (Å²) in [4.78, 5) is 2.74. The number of aryl methyl sites for hydroxylation is 1. The van der Waals surface area contributed by atoms with Crippen molar-refractivity contribution in [3.8, 4) is 0 Å². The minimum absolute atomic E-state index is 0.138. The van der Waals surface area contributed by atoms with Crippen LogP contribution in [0.2, 0.25) is 0 Å². The fourth-order valence-corrected chi connectivity index (χ4v) is 2.11. The highest BCUT2D eigenvalue weighted by Gasteiger charge is 2.13. The zero-order valence-corrected chi connectivity index (χ0v) is 10.2. The quantitative estimate of drug-likeness (QED) is 0.804. The van der Waals surface area contributed by atoms with Crippen LogP contribution in [0.4, 0.5) is 0 Å². The van der Waals surface area contributed by atoms with Gasteiger partial charge in [0.2, 0.25) is 0 Å². The Labute approximate surface area is 90.5 Å². The van der Waals surface area contributed by atoms with Crippen LogP contribution in [-0.2, 0) is 0 Å². The second-order valence-corrected chi connectivity index (χ2v) is 5.86. The van der Waals surface area contributed by atoms with Crippen molar-refractivity contribution in [1.82, 2.24) is 5.32 Å². The first-order chi connectivity index (χ1) is 6.38. The van der Waals surface area contributed by atoms with Crippen molar-refractivity contribution < 1.29 is 0 Å². The fraction of sp³-hybridized carbons (Fsp3) is 0.636. The van der Waals surface area contributed by atoms with Crippen molar-refractivity contribution >= 4 is 11.3 Å². The lowest BCUT2D eigenvalue weighted by Gasteiger charge is -2.22. The Balaban J connectivity index is 2.47. The highest BCUT2D eigenvalue weighted by molar-refractivity contribution is 7.12. The molecule has 1 aromatic rings.